The third kappa shape index (κ3) is 4.28. The fraction of sp³-hybridized carbons (Fsp3) is 0.538. The molecule has 4 atom stereocenters. The second-order valence-corrected chi connectivity index (χ2v) is 11.0. The van der Waals surface area contributed by atoms with E-state index in [9.17, 15) is 9.90 Å². The van der Waals surface area contributed by atoms with Crippen LogP contribution in [0.15, 0.2) is 28.9 Å². The zero-order valence-electron chi connectivity index (χ0n) is 20.4. The van der Waals surface area contributed by atoms with Crippen LogP contribution in [0.5, 0.6) is 0 Å². The number of carbonyl (C=O) groups excluding carboxylic acids is 1. The van der Waals surface area contributed by atoms with Crippen LogP contribution in [-0.2, 0) is 9.53 Å². The zero-order chi connectivity index (χ0) is 25.0. The van der Waals surface area contributed by atoms with Gasteiger partial charge in [0.1, 0.15) is 5.82 Å². The van der Waals surface area contributed by atoms with Crippen LogP contribution in [0, 0.1) is 12.8 Å². The van der Waals surface area contributed by atoms with Crippen molar-refractivity contribution < 1.29 is 19.2 Å². The number of pyridine rings is 1. The lowest BCUT2D eigenvalue weighted by Crippen LogP contribution is -2.56. The topological polar surface area (TPSA) is 114 Å². The number of fused-ring (bicyclic) bond motifs is 1. The third-order valence-electron chi connectivity index (χ3n) is 8.12. The number of ether oxygens (including phenoxy) is 1. The minimum absolute atomic E-state index is 0.0258. The van der Waals surface area contributed by atoms with Crippen molar-refractivity contribution in [1.29, 1.82) is 0 Å². The monoisotopic (exact) mass is 511 g/mol. The fourth-order valence-electron chi connectivity index (χ4n) is 5.66. The number of nitrogens with one attached hydrogen (secondary N) is 1. The average molecular weight is 512 g/mol. The maximum Gasteiger partial charge on any atom is 0.230 e. The Hall–Kier alpha value is -2.59. The number of carbonyl (C=O) groups is 1. The number of nitrogens with zero attached hydrogens (tertiary/aromatic N) is 4. The first kappa shape index (κ1) is 23.8. The molecule has 2 aliphatic heterocycles. The Balaban J connectivity index is 1.15. The minimum Gasteiger partial charge on any atom is -0.389 e. The molecule has 0 bridgehead atoms. The Morgan fingerprint density at radius 2 is 2.06 bits per heavy atom. The van der Waals surface area contributed by atoms with Gasteiger partial charge in [0.25, 0.3) is 0 Å². The molecule has 9 nitrogen and oxygen atoms in total. The number of likely N-dealkylation sites (tertiary alicyclic amines) is 1. The highest BCUT2D eigenvalue weighted by Crippen LogP contribution is 2.47. The molecule has 4 heterocycles. The van der Waals surface area contributed by atoms with Gasteiger partial charge < -0.3 is 19.7 Å². The van der Waals surface area contributed by atoms with Crippen LogP contribution in [-0.4, -0.2) is 69.0 Å². The summed E-state index contributed by atoms with van der Waals surface area (Å²) in [4.78, 5) is 23.8. The smallest absolute Gasteiger partial charge is 0.230 e. The van der Waals surface area contributed by atoms with E-state index >= 15 is 0 Å². The molecule has 0 unspecified atom stereocenters. The van der Waals surface area contributed by atoms with Crippen LogP contribution in [0.4, 0.5) is 5.82 Å². The number of anilines is 1. The highest BCUT2D eigenvalue weighted by atomic mass is 35.5. The number of benzene rings is 1. The van der Waals surface area contributed by atoms with Crippen molar-refractivity contribution in [2.24, 2.45) is 5.92 Å². The molecule has 36 heavy (non-hydrogen) atoms. The van der Waals surface area contributed by atoms with Gasteiger partial charge in [0.05, 0.1) is 36.7 Å². The van der Waals surface area contributed by atoms with E-state index in [0.29, 0.717) is 43.1 Å². The normalized spacial score (nSPS) is 29.1. The fourth-order valence-corrected chi connectivity index (χ4v) is 5.99. The molecule has 2 saturated heterocycles. The molecule has 6 rings (SSSR count). The number of hydrogen-bond acceptors (Lipinski definition) is 8. The zero-order valence-corrected chi connectivity index (χ0v) is 21.2. The number of aryl methyl sites for hydroxylation is 1. The predicted molar refractivity (Wildman–Crippen MR) is 134 cm³/mol. The van der Waals surface area contributed by atoms with Gasteiger partial charge in [-0.2, -0.15) is 4.98 Å². The number of amides is 1. The van der Waals surface area contributed by atoms with Crippen LogP contribution >= 0.6 is 11.6 Å². The number of aliphatic hydroxyl groups excluding tert-OH is 1. The van der Waals surface area contributed by atoms with Gasteiger partial charge in [0, 0.05) is 16.6 Å². The SMILES string of the molecule is Cc1noc([C@@H]2C[C@H]2C(=O)Nc2cc3cc(C4CCN([C@]5(C)COC[C@@H]5O)CC4)c(Cl)cc3cn2)n1. The molecule has 0 radical (unpaired) electrons. The Kier molecular flexibility index (Phi) is 5.99. The molecule has 2 N–H and O–H groups in total. The summed E-state index contributed by atoms with van der Waals surface area (Å²) in [5.41, 5.74) is 0.800. The quantitative estimate of drug-likeness (QED) is 0.533. The molecular formula is C26H30ClN5O4. The highest BCUT2D eigenvalue weighted by Gasteiger charge is 2.48. The summed E-state index contributed by atoms with van der Waals surface area (Å²) in [6, 6.07) is 6.00. The highest BCUT2D eigenvalue weighted by molar-refractivity contribution is 6.32. The van der Waals surface area contributed by atoms with Gasteiger partial charge in [0.2, 0.25) is 11.8 Å². The first-order chi connectivity index (χ1) is 17.3. The van der Waals surface area contributed by atoms with Crippen molar-refractivity contribution in [2.75, 3.05) is 31.6 Å². The molecule has 190 valence electrons. The Labute approximate surface area is 214 Å². The Morgan fingerprint density at radius 1 is 1.25 bits per heavy atom. The minimum atomic E-state index is -0.457. The van der Waals surface area contributed by atoms with E-state index in [1.807, 2.05) is 12.1 Å². The van der Waals surface area contributed by atoms with Crippen molar-refractivity contribution in [3.8, 4) is 0 Å². The maximum absolute atomic E-state index is 12.8. The molecule has 1 amide bonds. The van der Waals surface area contributed by atoms with Crippen LogP contribution in [0.3, 0.4) is 0 Å². The second-order valence-electron chi connectivity index (χ2n) is 10.6. The van der Waals surface area contributed by atoms with Gasteiger partial charge in [-0.15, -0.1) is 0 Å². The van der Waals surface area contributed by atoms with Crippen LogP contribution in [0.1, 0.15) is 55.3 Å². The van der Waals surface area contributed by atoms with Gasteiger partial charge >= 0.3 is 0 Å². The maximum atomic E-state index is 12.8. The van der Waals surface area contributed by atoms with Crippen LogP contribution in [0.2, 0.25) is 5.02 Å². The second kappa shape index (κ2) is 9.06. The van der Waals surface area contributed by atoms with E-state index in [1.165, 1.54) is 0 Å². The van der Waals surface area contributed by atoms with E-state index in [-0.39, 0.29) is 23.3 Å². The lowest BCUT2D eigenvalue weighted by atomic mass is 9.85. The Morgan fingerprint density at radius 3 is 2.75 bits per heavy atom. The summed E-state index contributed by atoms with van der Waals surface area (Å²) >= 11 is 6.71. The number of piperidine rings is 1. The number of rotatable bonds is 5. The summed E-state index contributed by atoms with van der Waals surface area (Å²) in [6.07, 6.45) is 3.90. The molecule has 3 fully saturated rings. The van der Waals surface area contributed by atoms with E-state index in [2.05, 4.69) is 38.3 Å². The predicted octanol–water partition coefficient (Wildman–Crippen LogP) is 3.65. The van der Waals surface area contributed by atoms with Gasteiger partial charge in [-0.25, -0.2) is 4.98 Å². The summed E-state index contributed by atoms with van der Waals surface area (Å²) in [6.45, 7) is 6.59. The summed E-state index contributed by atoms with van der Waals surface area (Å²) in [5.74, 6) is 1.65. The van der Waals surface area contributed by atoms with Crippen molar-refractivity contribution in [2.45, 2.75) is 56.6 Å². The largest absolute Gasteiger partial charge is 0.389 e. The average Bonchev–Trinajstić information content (AvgIpc) is 3.44. The molecule has 3 aliphatic rings. The van der Waals surface area contributed by atoms with Gasteiger partial charge in [-0.05, 0) is 81.3 Å². The van der Waals surface area contributed by atoms with Gasteiger partial charge in [0.15, 0.2) is 5.82 Å². The molecule has 10 heteroatoms. The first-order valence-electron chi connectivity index (χ1n) is 12.5. The van der Waals surface area contributed by atoms with Gasteiger partial charge in [-0.3, -0.25) is 9.69 Å². The van der Waals surface area contributed by atoms with Crippen molar-refractivity contribution >= 4 is 34.1 Å². The van der Waals surface area contributed by atoms with E-state index in [4.69, 9.17) is 20.9 Å². The number of hydrogen-bond donors (Lipinski definition) is 2. The summed E-state index contributed by atoms with van der Waals surface area (Å²) in [5, 5.41) is 19.8. The standard InChI is InChI=1S/C26H30ClN5O4/c1-14-29-25(36-31-14)20-10-19(20)24(34)30-23-9-16-7-18(21(27)8-17(16)11-28-23)15-3-5-32(6-4-15)26(2)13-35-12-22(26)33/h7-9,11,15,19-20,22,33H,3-6,10,12-13H2,1-2H3,(H,28,30,34)/t19-,20-,22+,26-/m1/s1. The molecule has 1 aromatic carbocycles. The summed E-state index contributed by atoms with van der Waals surface area (Å²) in [7, 11) is 0. The molecular weight excluding hydrogens is 482 g/mol. The number of halogens is 1. The first-order valence-corrected chi connectivity index (χ1v) is 12.9. The van der Waals surface area contributed by atoms with Gasteiger partial charge in [-0.1, -0.05) is 16.8 Å². The van der Waals surface area contributed by atoms with Crippen molar-refractivity contribution in [1.82, 2.24) is 20.0 Å². The number of aliphatic hydroxyl groups is 1. The molecule has 3 aromatic rings. The van der Waals surface area contributed by atoms with Crippen LogP contribution < -0.4 is 5.32 Å². The number of aromatic nitrogens is 3. The van der Waals surface area contributed by atoms with E-state index < -0.39 is 6.10 Å². The van der Waals surface area contributed by atoms with E-state index in [0.717, 1.165) is 47.3 Å². The molecule has 2 aromatic heterocycles. The lowest BCUT2D eigenvalue weighted by molar-refractivity contribution is -0.117. The van der Waals surface area contributed by atoms with Crippen molar-refractivity contribution in [3.05, 3.63) is 46.7 Å². The van der Waals surface area contributed by atoms with E-state index in [1.54, 1.807) is 13.1 Å². The van der Waals surface area contributed by atoms with Crippen LogP contribution in [0.25, 0.3) is 10.8 Å². The molecule has 1 aliphatic carbocycles. The lowest BCUT2D eigenvalue weighted by Gasteiger charge is -2.43. The summed E-state index contributed by atoms with van der Waals surface area (Å²) < 4.78 is 10.7. The Bertz CT molecular complexity index is 1310. The van der Waals surface area contributed by atoms with Crippen molar-refractivity contribution in [3.63, 3.8) is 0 Å². The molecule has 0 spiro atoms. The third-order valence-corrected chi connectivity index (χ3v) is 8.45. The molecule has 1 saturated carbocycles.